The Labute approximate surface area is 191 Å². The number of hydrogen-bond acceptors (Lipinski definition) is 2. The molecule has 2 aromatic rings. The molecule has 0 aliphatic rings. The molecular weight excluding hydrogens is 443 g/mol. The number of aromatic nitrogens is 1. The zero-order valence-corrected chi connectivity index (χ0v) is 19.9. The van der Waals surface area contributed by atoms with Crippen molar-refractivity contribution in [2.75, 3.05) is 13.6 Å². The van der Waals surface area contributed by atoms with Crippen LogP contribution in [0.4, 0.5) is 13.2 Å². The molecule has 1 heterocycles. The Kier molecular flexibility index (Phi) is 7.39. The number of nitrogens with zero attached hydrogens (tertiary/aromatic N) is 2. The van der Waals surface area contributed by atoms with Gasteiger partial charge in [-0.1, -0.05) is 37.6 Å². The van der Waals surface area contributed by atoms with Crippen LogP contribution < -0.4 is 5.73 Å². The summed E-state index contributed by atoms with van der Waals surface area (Å²) < 4.78 is 43.5. The summed E-state index contributed by atoms with van der Waals surface area (Å²) in [6.07, 6.45) is -4.66. The van der Waals surface area contributed by atoms with E-state index in [-0.39, 0.29) is 35.8 Å². The van der Waals surface area contributed by atoms with E-state index in [9.17, 15) is 22.8 Å². The van der Waals surface area contributed by atoms with Gasteiger partial charge in [-0.3, -0.25) is 9.59 Å². The van der Waals surface area contributed by atoms with E-state index in [0.717, 1.165) is 4.57 Å². The molecule has 0 radical (unpaired) electrons. The van der Waals surface area contributed by atoms with Crippen molar-refractivity contribution >= 4 is 23.4 Å². The zero-order valence-electron chi connectivity index (χ0n) is 19.1. The van der Waals surface area contributed by atoms with Crippen LogP contribution >= 0.6 is 11.6 Å². The van der Waals surface area contributed by atoms with Gasteiger partial charge in [0.25, 0.3) is 5.91 Å². The van der Waals surface area contributed by atoms with Crippen LogP contribution in [0.3, 0.4) is 0 Å². The topological polar surface area (TPSA) is 68.3 Å². The fourth-order valence-corrected chi connectivity index (χ4v) is 3.90. The lowest BCUT2D eigenvalue weighted by atomic mass is 9.92. The van der Waals surface area contributed by atoms with Crippen molar-refractivity contribution in [3.63, 3.8) is 0 Å². The van der Waals surface area contributed by atoms with E-state index < -0.39 is 29.1 Å². The van der Waals surface area contributed by atoms with E-state index in [1.807, 2.05) is 0 Å². The standard InChI is InChI=1S/C23H29ClF3N3O2/c1-13(2)11-30-18(20(31)29(6)12-22(4,5)21(28)32)17(14(3)19(30)23(25,26)27)15-7-9-16(24)10-8-15/h7-10,13H,11-12H2,1-6H3,(H2,28,32). The highest BCUT2D eigenvalue weighted by Gasteiger charge is 2.42. The fraction of sp³-hybridized carbons (Fsp3) is 0.478. The number of halogens is 4. The molecule has 0 bridgehead atoms. The molecule has 0 aliphatic heterocycles. The highest BCUT2D eigenvalue weighted by atomic mass is 35.5. The first-order valence-corrected chi connectivity index (χ1v) is 10.6. The predicted molar refractivity (Wildman–Crippen MR) is 119 cm³/mol. The average molecular weight is 472 g/mol. The van der Waals surface area contributed by atoms with Gasteiger partial charge in [-0.25, -0.2) is 0 Å². The van der Waals surface area contributed by atoms with Crippen molar-refractivity contribution < 1.29 is 22.8 Å². The number of nitrogens with two attached hydrogens (primary N) is 1. The third-order valence-electron chi connectivity index (χ3n) is 5.30. The number of benzene rings is 1. The van der Waals surface area contributed by atoms with Crippen molar-refractivity contribution in [3.8, 4) is 11.1 Å². The van der Waals surface area contributed by atoms with Crippen LogP contribution in [0.15, 0.2) is 24.3 Å². The van der Waals surface area contributed by atoms with E-state index in [1.165, 1.54) is 18.9 Å². The lowest BCUT2D eigenvalue weighted by Crippen LogP contribution is -2.44. The molecule has 0 atom stereocenters. The fourth-order valence-electron chi connectivity index (χ4n) is 3.77. The highest BCUT2D eigenvalue weighted by Crippen LogP contribution is 2.42. The van der Waals surface area contributed by atoms with Crippen molar-refractivity contribution in [1.29, 1.82) is 0 Å². The molecule has 2 N–H and O–H groups in total. The summed E-state index contributed by atoms with van der Waals surface area (Å²) in [7, 11) is 1.45. The molecule has 0 saturated heterocycles. The number of rotatable bonds is 7. The van der Waals surface area contributed by atoms with E-state index in [0.29, 0.717) is 10.6 Å². The molecule has 176 valence electrons. The number of carbonyl (C=O) groups is 2. The van der Waals surface area contributed by atoms with Gasteiger partial charge >= 0.3 is 6.18 Å². The SMILES string of the molecule is Cc1c(-c2ccc(Cl)cc2)c(C(=O)N(C)CC(C)(C)C(N)=O)n(CC(C)C)c1C(F)(F)F. The van der Waals surface area contributed by atoms with Gasteiger partial charge in [-0.2, -0.15) is 13.2 Å². The summed E-state index contributed by atoms with van der Waals surface area (Å²) in [6.45, 7) is 8.05. The smallest absolute Gasteiger partial charge is 0.369 e. The van der Waals surface area contributed by atoms with Crippen LogP contribution in [-0.2, 0) is 17.5 Å². The Bertz CT molecular complexity index is 1010. The molecule has 9 heteroatoms. The van der Waals surface area contributed by atoms with Gasteiger partial charge in [0.1, 0.15) is 11.4 Å². The maximum absolute atomic E-state index is 14.1. The molecule has 2 rings (SSSR count). The molecule has 1 aromatic heterocycles. The van der Waals surface area contributed by atoms with E-state index in [4.69, 9.17) is 17.3 Å². The first kappa shape index (κ1) is 25.8. The lowest BCUT2D eigenvalue weighted by Gasteiger charge is -2.28. The summed E-state index contributed by atoms with van der Waals surface area (Å²) in [5.74, 6) is -1.39. The summed E-state index contributed by atoms with van der Waals surface area (Å²) >= 11 is 5.97. The molecule has 0 saturated carbocycles. The first-order valence-electron chi connectivity index (χ1n) is 10.2. The summed E-state index contributed by atoms with van der Waals surface area (Å²) in [6, 6.07) is 6.32. The van der Waals surface area contributed by atoms with Crippen molar-refractivity contribution in [2.45, 2.75) is 47.3 Å². The second-order valence-electron chi connectivity index (χ2n) is 9.12. The molecule has 0 fully saturated rings. The normalized spacial score (nSPS) is 12.3. The minimum absolute atomic E-state index is 0.00258. The van der Waals surface area contributed by atoms with Gasteiger partial charge in [0.15, 0.2) is 0 Å². The van der Waals surface area contributed by atoms with Crippen LogP contribution in [0.5, 0.6) is 0 Å². The minimum Gasteiger partial charge on any atom is -0.369 e. The van der Waals surface area contributed by atoms with Gasteiger partial charge in [0.2, 0.25) is 5.91 Å². The lowest BCUT2D eigenvalue weighted by molar-refractivity contribution is -0.144. The molecule has 0 unspecified atom stereocenters. The number of alkyl halides is 3. The molecule has 32 heavy (non-hydrogen) atoms. The van der Waals surface area contributed by atoms with Crippen molar-refractivity contribution in [2.24, 2.45) is 17.1 Å². The maximum Gasteiger partial charge on any atom is 0.431 e. The average Bonchev–Trinajstić information content (AvgIpc) is 2.92. The molecule has 0 aliphatic carbocycles. The third-order valence-corrected chi connectivity index (χ3v) is 5.56. The van der Waals surface area contributed by atoms with Crippen LogP contribution in [0.2, 0.25) is 5.02 Å². The van der Waals surface area contributed by atoms with Gasteiger partial charge in [-0.05, 0) is 49.9 Å². The van der Waals surface area contributed by atoms with Gasteiger partial charge in [0.05, 0.1) is 5.41 Å². The van der Waals surface area contributed by atoms with Crippen LogP contribution in [0.1, 0.15) is 49.4 Å². The second-order valence-corrected chi connectivity index (χ2v) is 9.55. The number of amides is 2. The monoisotopic (exact) mass is 471 g/mol. The molecule has 2 amide bonds. The van der Waals surface area contributed by atoms with E-state index >= 15 is 0 Å². The van der Waals surface area contributed by atoms with E-state index in [2.05, 4.69) is 0 Å². The Morgan fingerprint density at radius 3 is 2.12 bits per heavy atom. The Morgan fingerprint density at radius 2 is 1.69 bits per heavy atom. The van der Waals surface area contributed by atoms with Crippen LogP contribution in [0, 0.1) is 18.3 Å². The van der Waals surface area contributed by atoms with Gasteiger partial charge < -0.3 is 15.2 Å². The molecular formula is C23H29ClF3N3O2. The van der Waals surface area contributed by atoms with Crippen LogP contribution in [-0.4, -0.2) is 34.9 Å². The second kappa shape index (κ2) is 9.17. The predicted octanol–water partition coefficient (Wildman–Crippen LogP) is 5.38. The van der Waals surface area contributed by atoms with Crippen molar-refractivity contribution in [1.82, 2.24) is 9.47 Å². The van der Waals surface area contributed by atoms with Gasteiger partial charge in [0, 0.05) is 30.7 Å². The molecule has 1 aromatic carbocycles. The number of carbonyl (C=O) groups excluding carboxylic acids is 2. The number of primary amides is 1. The summed E-state index contributed by atoms with van der Waals surface area (Å²) in [5, 5.41) is 0.428. The Hall–Kier alpha value is -2.48. The van der Waals surface area contributed by atoms with Gasteiger partial charge in [-0.15, -0.1) is 0 Å². The Balaban J connectivity index is 2.81. The molecule has 5 nitrogen and oxygen atoms in total. The quantitative estimate of drug-likeness (QED) is 0.589. The largest absolute Gasteiger partial charge is 0.431 e. The van der Waals surface area contributed by atoms with Crippen LogP contribution in [0.25, 0.3) is 11.1 Å². The van der Waals surface area contributed by atoms with E-state index in [1.54, 1.807) is 52.0 Å². The Morgan fingerprint density at radius 1 is 1.16 bits per heavy atom. The maximum atomic E-state index is 14.1. The summed E-state index contributed by atoms with van der Waals surface area (Å²) in [4.78, 5) is 26.6. The van der Waals surface area contributed by atoms with Crippen molar-refractivity contribution in [3.05, 3.63) is 46.2 Å². The summed E-state index contributed by atoms with van der Waals surface area (Å²) in [5.41, 5.74) is 4.05. The highest BCUT2D eigenvalue weighted by molar-refractivity contribution is 6.30. The minimum atomic E-state index is -4.66. The number of hydrogen-bond donors (Lipinski definition) is 1. The third kappa shape index (κ3) is 5.28. The first-order chi connectivity index (χ1) is 14.6. The molecule has 0 spiro atoms. The zero-order chi connectivity index (χ0) is 24.6.